The zero-order chi connectivity index (χ0) is 46.7. The SMILES string of the molecule is CCOC(OCC)(P=O)c1ccc2c(C#N)c3cc(CP(=O)(OCC)OCC)ccc3cc2c1.CCOP(OCC)OCC.N#Cc1c2ccc(CBr)cc2cc2ccc(CBr)cc12. The Hall–Kier alpha value is -3.22. The third-order valence-corrected chi connectivity index (χ3v) is 15.0. The van der Waals surface area contributed by atoms with Gasteiger partial charge < -0.3 is 32.1 Å². The van der Waals surface area contributed by atoms with Gasteiger partial charge in [-0.25, -0.2) is 0 Å². The van der Waals surface area contributed by atoms with Crippen LogP contribution >= 0.6 is 56.5 Å². The number of nitriles is 2. The summed E-state index contributed by atoms with van der Waals surface area (Å²) < 4.78 is 62.8. The van der Waals surface area contributed by atoms with E-state index in [-0.39, 0.29) is 27.8 Å². The van der Waals surface area contributed by atoms with Gasteiger partial charge in [-0.1, -0.05) is 86.5 Å². The number of alkyl halides is 2. The number of benzene rings is 6. The number of nitrogens with zero attached hydrogens (tertiary/aromatic N) is 2. The maximum atomic E-state index is 13.0. The zero-order valence-corrected chi connectivity index (χ0v) is 43.2. The fraction of sp³-hybridized carbons (Fsp3) is 0.375. The molecule has 0 saturated carbocycles. The molecule has 0 aliphatic heterocycles. The van der Waals surface area contributed by atoms with E-state index in [9.17, 15) is 19.7 Å². The maximum absolute atomic E-state index is 13.0. The van der Waals surface area contributed by atoms with Crippen LogP contribution in [0.25, 0.3) is 43.1 Å². The van der Waals surface area contributed by atoms with Gasteiger partial charge in [0.2, 0.25) is 8.46 Å². The third kappa shape index (κ3) is 13.7. The topological polar surface area (TPSA) is 146 Å². The molecule has 6 aromatic rings. The van der Waals surface area contributed by atoms with Gasteiger partial charge in [-0.2, -0.15) is 10.5 Å². The first-order chi connectivity index (χ1) is 31.0. The van der Waals surface area contributed by atoms with Gasteiger partial charge in [0.15, 0.2) is 0 Å². The molecule has 0 aromatic heterocycles. The van der Waals surface area contributed by atoms with Crippen molar-refractivity contribution >= 4 is 99.6 Å². The Morgan fingerprint density at radius 3 is 1.47 bits per heavy atom. The Morgan fingerprint density at radius 1 is 0.562 bits per heavy atom. The van der Waals surface area contributed by atoms with Crippen LogP contribution in [0.15, 0.2) is 84.9 Å². The standard InChI is InChI=1S/C25H29NO6P2.C17H11Br2N.C6H15O3P/c1-5-29-25(33-27,30-6-2)21-11-12-22-20(15-21)14-19-10-9-18(13-23(19)24(22)16-26)17-34(28,31-7-3)32-8-4;18-8-11-2-4-15-14(5-11)7-13-3-1-12(9-19)6-16(13)17(15)10-20;1-4-7-10(8-5-2)9-6-3/h9-15H,5-8,17H2,1-4H3;1-7H,8-9H2;4-6H2,1-3H3. The molecule has 6 rings (SSSR count). The fourth-order valence-corrected chi connectivity index (χ4v) is 10.8. The van der Waals surface area contributed by atoms with Gasteiger partial charge in [0.05, 0.1) is 50.3 Å². The summed E-state index contributed by atoms with van der Waals surface area (Å²) in [5.74, 6) is 0. The molecule has 0 radical (unpaired) electrons. The highest BCUT2D eigenvalue weighted by Gasteiger charge is 2.35. The quantitative estimate of drug-likeness (QED) is 0.0311. The minimum absolute atomic E-state index is 0.125. The van der Waals surface area contributed by atoms with Crippen LogP contribution in [0.4, 0.5) is 0 Å². The summed E-state index contributed by atoms with van der Waals surface area (Å²) in [5, 5.41) is 28.6. The molecule has 0 aliphatic rings. The molecule has 0 bridgehead atoms. The molecule has 0 N–H and O–H groups in total. The highest BCUT2D eigenvalue weighted by molar-refractivity contribution is 9.08. The lowest BCUT2D eigenvalue weighted by atomic mass is 9.95. The van der Waals surface area contributed by atoms with Crippen LogP contribution in [0.5, 0.6) is 0 Å². The second-order valence-electron chi connectivity index (χ2n) is 13.7. The van der Waals surface area contributed by atoms with Crippen molar-refractivity contribution in [3.8, 4) is 12.1 Å². The highest BCUT2D eigenvalue weighted by Crippen LogP contribution is 2.51. The highest BCUT2D eigenvalue weighted by atomic mass is 79.9. The molecule has 6 aromatic carbocycles. The van der Waals surface area contributed by atoms with Crippen LogP contribution in [-0.4, -0.2) is 46.2 Å². The van der Waals surface area contributed by atoms with E-state index < -0.39 is 21.7 Å². The summed E-state index contributed by atoms with van der Waals surface area (Å²) >= 11 is 6.95. The molecule has 0 unspecified atom stereocenters. The van der Waals surface area contributed by atoms with Crippen molar-refractivity contribution in [1.29, 1.82) is 10.5 Å². The van der Waals surface area contributed by atoms with Crippen molar-refractivity contribution in [2.24, 2.45) is 0 Å². The summed E-state index contributed by atoms with van der Waals surface area (Å²) in [7, 11) is -4.64. The molecule has 0 spiro atoms. The molecule has 16 heteroatoms. The number of fused-ring (bicyclic) bond motifs is 4. The number of ether oxygens (including phenoxy) is 2. The summed E-state index contributed by atoms with van der Waals surface area (Å²) in [6.45, 7) is 16.1. The van der Waals surface area contributed by atoms with E-state index in [0.717, 1.165) is 64.9 Å². The summed E-state index contributed by atoms with van der Waals surface area (Å²) in [4.78, 5) is 0. The predicted molar refractivity (Wildman–Crippen MR) is 266 cm³/mol. The summed E-state index contributed by atoms with van der Waals surface area (Å²) in [6, 6.07) is 32.4. The Kier molecular flexibility index (Phi) is 22.4. The van der Waals surface area contributed by atoms with Crippen molar-refractivity contribution in [1.82, 2.24) is 0 Å². The van der Waals surface area contributed by atoms with Crippen molar-refractivity contribution in [2.45, 2.75) is 70.8 Å². The lowest BCUT2D eigenvalue weighted by Gasteiger charge is -2.27. The first-order valence-electron chi connectivity index (χ1n) is 21.1. The van der Waals surface area contributed by atoms with Crippen LogP contribution in [-0.2, 0) is 63.6 Å². The van der Waals surface area contributed by atoms with Crippen molar-refractivity contribution in [3.05, 3.63) is 118 Å². The minimum Gasteiger partial charge on any atom is -0.337 e. The Balaban J connectivity index is 0.000000250. The van der Waals surface area contributed by atoms with Crippen LogP contribution in [0, 0.1) is 22.7 Å². The molecular formula is C48H55Br2N2O9P3. The smallest absolute Gasteiger partial charge is 0.335 e. The van der Waals surface area contributed by atoms with E-state index >= 15 is 0 Å². The first kappa shape index (κ1) is 53.4. The molecule has 0 saturated heterocycles. The molecule has 0 atom stereocenters. The normalized spacial score (nSPS) is 11.7. The van der Waals surface area contributed by atoms with Gasteiger partial charge in [-0.3, -0.25) is 9.13 Å². The molecule has 0 aliphatic carbocycles. The second kappa shape index (κ2) is 26.8. The zero-order valence-electron chi connectivity index (χ0n) is 37.3. The predicted octanol–water partition coefficient (Wildman–Crippen LogP) is 15.1. The van der Waals surface area contributed by atoms with Gasteiger partial charge in [-0.05, 0) is 117 Å². The lowest BCUT2D eigenvalue weighted by molar-refractivity contribution is -0.176. The summed E-state index contributed by atoms with van der Waals surface area (Å²) in [5.41, 5.74) is 3.64. The Morgan fingerprint density at radius 2 is 1.02 bits per heavy atom. The van der Waals surface area contributed by atoms with Crippen molar-refractivity contribution in [3.63, 3.8) is 0 Å². The van der Waals surface area contributed by atoms with E-state index in [2.05, 4.69) is 80.4 Å². The second-order valence-corrected chi connectivity index (χ2v) is 18.9. The molecular weight excluding hydrogens is 1000 g/mol. The van der Waals surface area contributed by atoms with Crippen LogP contribution in [0.3, 0.4) is 0 Å². The van der Waals surface area contributed by atoms with E-state index in [4.69, 9.17) is 32.1 Å². The average Bonchev–Trinajstić information content (AvgIpc) is 3.30. The number of halogens is 2. The van der Waals surface area contributed by atoms with Gasteiger partial charge in [0, 0.05) is 51.0 Å². The van der Waals surface area contributed by atoms with Gasteiger partial charge in [-0.15, -0.1) is 0 Å². The molecule has 0 amide bonds. The molecule has 0 fully saturated rings. The third-order valence-electron chi connectivity index (χ3n) is 9.53. The molecule has 0 heterocycles. The van der Waals surface area contributed by atoms with E-state index in [0.29, 0.717) is 44.2 Å². The monoisotopic (exact) mass is 1050 g/mol. The van der Waals surface area contributed by atoms with Gasteiger partial charge in [0.25, 0.3) is 5.53 Å². The maximum Gasteiger partial charge on any atom is 0.335 e. The Labute approximate surface area is 396 Å². The van der Waals surface area contributed by atoms with E-state index in [1.165, 1.54) is 11.1 Å². The fourth-order valence-electron chi connectivity index (χ4n) is 6.97. The molecule has 11 nitrogen and oxygen atoms in total. The number of hydrogen-bond donors (Lipinski definition) is 0. The van der Waals surface area contributed by atoms with Crippen molar-refractivity contribution < 1.29 is 41.2 Å². The van der Waals surface area contributed by atoms with E-state index in [1.54, 1.807) is 19.9 Å². The van der Waals surface area contributed by atoms with E-state index in [1.807, 2.05) is 77.1 Å². The summed E-state index contributed by atoms with van der Waals surface area (Å²) in [6.07, 6.45) is 0.125. The minimum atomic E-state index is -3.27. The lowest BCUT2D eigenvalue weighted by Crippen LogP contribution is -2.27. The number of rotatable bonds is 20. The molecule has 64 heavy (non-hydrogen) atoms. The van der Waals surface area contributed by atoms with Gasteiger partial charge >= 0.3 is 16.2 Å². The number of hydrogen-bond acceptors (Lipinski definition) is 11. The first-order valence-corrected chi connectivity index (χ1v) is 27.0. The van der Waals surface area contributed by atoms with Gasteiger partial charge in [0.1, 0.15) is 12.1 Å². The van der Waals surface area contributed by atoms with Crippen LogP contribution in [0.2, 0.25) is 0 Å². The van der Waals surface area contributed by atoms with Crippen LogP contribution in [0.1, 0.15) is 81.8 Å². The van der Waals surface area contributed by atoms with Crippen molar-refractivity contribution in [2.75, 3.05) is 46.2 Å². The Bertz CT molecular complexity index is 2610. The largest absolute Gasteiger partial charge is 0.337 e. The van der Waals surface area contributed by atoms with Crippen LogP contribution < -0.4 is 0 Å². The molecule has 340 valence electrons. The average molecular weight is 1060 g/mol.